The quantitative estimate of drug-likeness (QED) is 0.436. The number of nitrogens with one attached hydrogen (secondary N) is 2. The molecule has 0 bridgehead atoms. The summed E-state index contributed by atoms with van der Waals surface area (Å²) in [5.74, 6) is 0.326. The van der Waals surface area contributed by atoms with E-state index in [1.165, 1.54) is 18.2 Å². The number of fused-ring (bicyclic) bond motifs is 1. The fourth-order valence-corrected chi connectivity index (χ4v) is 2.01. The third-order valence-electron chi connectivity index (χ3n) is 3.07. The van der Waals surface area contributed by atoms with Crippen molar-refractivity contribution in [2.24, 2.45) is 5.10 Å². The molecule has 0 atom stereocenters. The second-order valence-corrected chi connectivity index (χ2v) is 4.59. The molecule has 2 N–H and O–H groups in total. The normalized spacial score (nSPS) is 11.2. The number of benzene rings is 2. The van der Waals surface area contributed by atoms with Gasteiger partial charge in [0.2, 0.25) is 5.71 Å². The summed E-state index contributed by atoms with van der Waals surface area (Å²) in [7, 11) is 0. The number of anilines is 1. The summed E-state index contributed by atoms with van der Waals surface area (Å²) in [6.45, 7) is 0. The number of aromatic nitrogens is 2. The predicted molar refractivity (Wildman–Crippen MR) is 85.0 cm³/mol. The van der Waals surface area contributed by atoms with Crippen LogP contribution in [0, 0.1) is 21.4 Å². The minimum absolute atomic E-state index is 0.0488. The summed E-state index contributed by atoms with van der Waals surface area (Å²) in [4.78, 5) is 17.5. The molecule has 0 spiro atoms. The highest BCUT2D eigenvalue weighted by Crippen LogP contribution is 2.17. The number of rotatable bonds is 4. The molecule has 8 heteroatoms. The maximum atomic E-state index is 10.7. The molecule has 0 aliphatic heterocycles. The number of nitrogens with zero attached hydrogens (tertiary/aromatic N) is 4. The van der Waals surface area contributed by atoms with E-state index in [-0.39, 0.29) is 11.4 Å². The molecule has 0 aliphatic rings. The Labute approximate surface area is 130 Å². The molecule has 0 amide bonds. The first-order valence-electron chi connectivity index (χ1n) is 6.61. The van der Waals surface area contributed by atoms with E-state index in [0.29, 0.717) is 11.5 Å². The number of para-hydroxylation sites is 2. The largest absolute Gasteiger partial charge is 0.336 e. The second kappa shape index (κ2) is 5.95. The van der Waals surface area contributed by atoms with E-state index in [2.05, 4.69) is 20.5 Å². The Morgan fingerprint density at radius 1 is 1.30 bits per heavy atom. The van der Waals surface area contributed by atoms with Crippen LogP contribution in [0.15, 0.2) is 53.6 Å². The fraction of sp³-hybridized carbons (Fsp3) is 0. The topological polar surface area (TPSA) is 120 Å². The van der Waals surface area contributed by atoms with Gasteiger partial charge in [-0.25, -0.2) is 4.98 Å². The number of hydrogen-bond acceptors (Lipinski definition) is 6. The highest BCUT2D eigenvalue weighted by Gasteiger charge is 2.10. The number of hydrogen-bond donors (Lipinski definition) is 2. The summed E-state index contributed by atoms with van der Waals surface area (Å²) < 4.78 is 0. The van der Waals surface area contributed by atoms with Crippen LogP contribution < -0.4 is 5.43 Å². The van der Waals surface area contributed by atoms with Crippen molar-refractivity contribution >= 4 is 28.1 Å². The van der Waals surface area contributed by atoms with Gasteiger partial charge in [-0.3, -0.25) is 15.5 Å². The van der Waals surface area contributed by atoms with E-state index in [9.17, 15) is 15.4 Å². The smallest absolute Gasteiger partial charge is 0.271 e. The van der Waals surface area contributed by atoms with Crippen LogP contribution >= 0.6 is 0 Å². The Bertz CT molecular complexity index is 921. The van der Waals surface area contributed by atoms with Gasteiger partial charge in [0.05, 0.1) is 21.6 Å². The Morgan fingerprint density at radius 3 is 2.87 bits per heavy atom. The van der Waals surface area contributed by atoms with Crippen molar-refractivity contribution in [1.82, 2.24) is 9.97 Å². The highest BCUT2D eigenvalue weighted by molar-refractivity contribution is 6.10. The number of H-pyrrole nitrogens is 1. The van der Waals surface area contributed by atoms with Crippen LogP contribution in [-0.4, -0.2) is 20.6 Å². The van der Waals surface area contributed by atoms with E-state index in [0.717, 1.165) is 11.0 Å². The van der Waals surface area contributed by atoms with Gasteiger partial charge in [-0.05, 0) is 18.2 Å². The van der Waals surface area contributed by atoms with Gasteiger partial charge in [-0.2, -0.15) is 10.4 Å². The zero-order valence-electron chi connectivity index (χ0n) is 11.7. The summed E-state index contributed by atoms with van der Waals surface area (Å²) >= 11 is 0. The van der Waals surface area contributed by atoms with Gasteiger partial charge >= 0.3 is 0 Å². The first kappa shape index (κ1) is 14.2. The minimum atomic E-state index is -0.501. The minimum Gasteiger partial charge on any atom is -0.336 e. The van der Waals surface area contributed by atoms with Crippen molar-refractivity contribution in [3.8, 4) is 6.07 Å². The van der Waals surface area contributed by atoms with Crippen molar-refractivity contribution in [2.75, 3.05) is 5.43 Å². The molecule has 0 unspecified atom stereocenters. The fourth-order valence-electron chi connectivity index (χ4n) is 2.01. The van der Waals surface area contributed by atoms with Crippen LogP contribution in [0.3, 0.4) is 0 Å². The molecule has 0 radical (unpaired) electrons. The monoisotopic (exact) mass is 306 g/mol. The summed E-state index contributed by atoms with van der Waals surface area (Å²) in [5, 5.41) is 23.9. The Hall–Kier alpha value is -3.73. The lowest BCUT2D eigenvalue weighted by Gasteiger charge is -2.00. The summed E-state index contributed by atoms with van der Waals surface area (Å²) in [6.07, 6.45) is 0. The van der Waals surface area contributed by atoms with Crippen LogP contribution in [0.2, 0.25) is 0 Å². The lowest BCUT2D eigenvalue weighted by atomic mass is 10.3. The van der Waals surface area contributed by atoms with E-state index >= 15 is 0 Å². The van der Waals surface area contributed by atoms with Crippen molar-refractivity contribution in [1.29, 1.82) is 5.26 Å². The number of nitriles is 1. The van der Waals surface area contributed by atoms with E-state index in [1.54, 1.807) is 6.07 Å². The maximum Gasteiger partial charge on any atom is 0.271 e. The second-order valence-electron chi connectivity index (χ2n) is 4.59. The molecule has 0 fully saturated rings. The first-order chi connectivity index (χ1) is 11.2. The number of nitro benzene ring substituents is 1. The molecular formula is C15H10N6O2. The number of imidazole rings is 1. The van der Waals surface area contributed by atoms with Crippen LogP contribution in [0.1, 0.15) is 5.82 Å². The van der Waals surface area contributed by atoms with Crippen LogP contribution in [0.5, 0.6) is 0 Å². The summed E-state index contributed by atoms with van der Waals surface area (Å²) in [5.41, 5.74) is 4.54. The highest BCUT2D eigenvalue weighted by atomic mass is 16.6. The molecule has 1 heterocycles. The molecule has 8 nitrogen and oxygen atoms in total. The molecule has 3 rings (SSSR count). The number of nitro groups is 1. The third-order valence-corrected chi connectivity index (χ3v) is 3.07. The number of aromatic amines is 1. The van der Waals surface area contributed by atoms with Crippen molar-refractivity contribution < 1.29 is 4.92 Å². The predicted octanol–water partition coefficient (Wildman–Crippen LogP) is 2.81. The number of hydrazone groups is 1. The molecule has 2 aromatic carbocycles. The van der Waals surface area contributed by atoms with E-state index in [4.69, 9.17) is 0 Å². The zero-order valence-corrected chi connectivity index (χ0v) is 11.7. The average molecular weight is 306 g/mol. The van der Waals surface area contributed by atoms with Gasteiger partial charge in [-0.15, -0.1) is 0 Å². The van der Waals surface area contributed by atoms with Crippen molar-refractivity contribution in [2.45, 2.75) is 0 Å². The Morgan fingerprint density at radius 2 is 2.13 bits per heavy atom. The Balaban J connectivity index is 1.89. The van der Waals surface area contributed by atoms with Crippen molar-refractivity contribution in [3.63, 3.8) is 0 Å². The Kier molecular flexibility index (Phi) is 3.68. The lowest BCUT2D eigenvalue weighted by molar-refractivity contribution is -0.384. The summed E-state index contributed by atoms with van der Waals surface area (Å²) in [6, 6.07) is 15.2. The van der Waals surface area contributed by atoms with Crippen LogP contribution in [-0.2, 0) is 0 Å². The molecule has 0 aliphatic carbocycles. The van der Waals surface area contributed by atoms with Gasteiger partial charge in [0, 0.05) is 12.1 Å². The van der Waals surface area contributed by atoms with Gasteiger partial charge < -0.3 is 4.98 Å². The third kappa shape index (κ3) is 2.98. The van der Waals surface area contributed by atoms with Gasteiger partial charge in [0.15, 0.2) is 5.82 Å². The van der Waals surface area contributed by atoms with Crippen molar-refractivity contribution in [3.05, 3.63) is 64.5 Å². The number of non-ortho nitro benzene ring substituents is 1. The molecule has 0 saturated carbocycles. The molecule has 3 aromatic rings. The molecular weight excluding hydrogens is 296 g/mol. The van der Waals surface area contributed by atoms with Crippen LogP contribution in [0.25, 0.3) is 11.0 Å². The molecule has 112 valence electrons. The van der Waals surface area contributed by atoms with Crippen LogP contribution in [0.4, 0.5) is 11.4 Å². The molecule has 0 saturated heterocycles. The van der Waals surface area contributed by atoms with E-state index in [1.807, 2.05) is 30.3 Å². The molecule has 23 heavy (non-hydrogen) atoms. The zero-order chi connectivity index (χ0) is 16.2. The van der Waals surface area contributed by atoms with E-state index < -0.39 is 4.92 Å². The first-order valence-corrected chi connectivity index (χ1v) is 6.61. The molecule has 1 aromatic heterocycles. The average Bonchev–Trinajstić information content (AvgIpc) is 2.99. The standard InChI is InChI=1S/C15H10N6O2/c16-9-14(15-17-12-6-1-2-7-13(12)18-15)20-19-10-4-3-5-11(8-10)21(22)23/h1-8,19H,(H,17,18)/b20-14-. The van der Waals surface area contributed by atoms with Gasteiger partial charge in [0.1, 0.15) is 6.07 Å². The van der Waals surface area contributed by atoms with Gasteiger partial charge in [-0.1, -0.05) is 18.2 Å². The SMILES string of the molecule is N#C/C(=N/Nc1cccc([N+](=O)[O-])c1)c1nc2ccccc2[nH]1. The maximum absolute atomic E-state index is 10.7. The van der Waals surface area contributed by atoms with Gasteiger partial charge in [0.25, 0.3) is 5.69 Å². The lowest BCUT2D eigenvalue weighted by Crippen LogP contribution is -2.04.